The number of H-pyrrole nitrogens is 2. The lowest BCUT2D eigenvalue weighted by atomic mass is 10.3. The van der Waals surface area contributed by atoms with E-state index in [1.54, 1.807) is 18.2 Å². The van der Waals surface area contributed by atoms with Crippen molar-refractivity contribution < 1.29 is 0 Å². The smallest absolute Gasteiger partial charge is 0.247 e. The van der Waals surface area contributed by atoms with Crippen molar-refractivity contribution in [3.05, 3.63) is 48.7 Å². The zero-order valence-electron chi connectivity index (χ0n) is 7.25. The van der Waals surface area contributed by atoms with E-state index in [1.165, 1.54) is 0 Å². The Kier molecular flexibility index (Phi) is 2.54. The van der Waals surface area contributed by atoms with Gasteiger partial charge in [-0.15, -0.1) is 0 Å². The fraction of sp³-hybridized carbons (Fsp3) is 0. The minimum atomic E-state index is -0.519. The number of aromatic amines is 2. The van der Waals surface area contributed by atoms with Gasteiger partial charge in [-0.25, -0.2) is 24.4 Å². The van der Waals surface area contributed by atoms with Crippen LogP contribution in [-0.2, 0) is 0 Å². The van der Waals surface area contributed by atoms with Gasteiger partial charge in [-0.05, 0) is 34.1 Å². The van der Waals surface area contributed by atoms with E-state index < -0.39 is 11.4 Å². The Labute approximate surface area is 96.8 Å². The molecule has 78 valence electrons. The van der Waals surface area contributed by atoms with Crippen molar-refractivity contribution in [2.24, 2.45) is 0 Å². The zero-order chi connectivity index (χ0) is 11.0. The van der Waals surface area contributed by atoms with Crippen molar-refractivity contribution in [3.63, 3.8) is 0 Å². The average molecular weight is 291 g/mol. The fourth-order valence-electron chi connectivity index (χ4n) is 1.17. The summed E-state index contributed by atoms with van der Waals surface area (Å²) in [6, 6.07) is 4.77. The highest BCUT2D eigenvalue weighted by Gasteiger charge is 2.07. The van der Waals surface area contributed by atoms with Gasteiger partial charge >= 0.3 is 11.4 Å². The highest BCUT2D eigenvalue weighted by molar-refractivity contribution is 9.10. The third kappa shape index (κ3) is 1.78. The number of rotatable bonds is 1. The molecule has 0 saturated heterocycles. The predicted octanol–water partition coefficient (Wildman–Crippen LogP) is 1.27. The monoisotopic (exact) mass is 289 g/mol. The molecule has 1 heterocycles. The second-order valence-corrected chi connectivity index (χ2v) is 4.06. The Hall–Kier alpha value is -1.27. The topological polar surface area (TPSA) is 70.7 Å². The molecule has 2 rings (SSSR count). The Bertz CT molecular complexity index is 585. The van der Waals surface area contributed by atoms with E-state index in [0.717, 1.165) is 4.57 Å². The summed E-state index contributed by atoms with van der Waals surface area (Å²) in [5.41, 5.74) is -0.595. The molecule has 5 nitrogen and oxygen atoms in total. The standard InChI is InChI=1S/C8H5BrClN3O2/c9-5-3-4(1-2-6(5)10)13-7(14)11-12-8(13)15/h1-3H,(H,11,14)(H,12,15). The molecule has 15 heavy (non-hydrogen) atoms. The van der Waals surface area contributed by atoms with Gasteiger partial charge in [0.15, 0.2) is 0 Å². The van der Waals surface area contributed by atoms with Crippen molar-refractivity contribution in [1.82, 2.24) is 14.8 Å². The van der Waals surface area contributed by atoms with Crippen molar-refractivity contribution >= 4 is 27.5 Å². The summed E-state index contributed by atoms with van der Waals surface area (Å²) in [6.07, 6.45) is 0. The van der Waals surface area contributed by atoms with Crippen LogP contribution in [0, 0.1) is 0 Å². The van der Waals surface area contributed by atoms with Crippen LogP contribution in [0.15, 0.2) is 32.3 Å². The number of aromatic nitrogens is 3. The Morgan fingerprint density at radius 1 is 1.20 bits per heavy atom. The number of hydrogen-bond acceptors (Lipinski definition) is 2. The van der Waals surface area contributed by atoms with Crippen LogP contribution >= 0.6 is 27.5 Å². The molecule has 7 heteroatoms. The molecule has 0 amide bonds. The first kappa shape index (κ1) is 10.3. The van der Waals surface area contributed by atoms with Crippen LogP contribution in [0.2, 0.25) is 5.02 Å². The summed E-state index contributed by atoms with van der Waals surface area (Å²) in [4.78, 5) is 22.5. The van der Waals surface area contributed by atoms with Gasteiger partial charge in [-0.2, -0.15) is 0 Å². The minimum Gasteiger partial charge on any atom is -0.247 e. The van der Waals surface area contributed by atoms with Gasteiger partial charge in [0, 0.05) is 4.47 Å². The molecule has 0 aliphatic carbocycles. The lowest BCUT2D eigenvalue weighted by Gasteiger charge is -2.00. The molecule has 0 saturated carbocycles. The summed E-state index contributed by atoms with van der Waals surface area (Å²) in [6.45, 7) is 0. The number of hydrogen-bond donors (Lipinski definition) is 2. The van der Waals surface area contributed by atoms with Crippen LogP contribution in [0.1, 0.15) is 0 Å². The minimum absolute atomic E-state index is 0.443. The summed E-state index contributed by atoms with van der Waals surface area (Å²) < 4.78 is 1.59. The predicted molar refractivity (Wildman–Crippen MR) is 59.7 cm³/mol. The Morgan fingerprint density at radius 2 is 1.80 bits per heavy atom. The molecule has 1 aromatic carbocycles. The van der Waals surface area contributed by atoms with Crippen molar-refractivity contribution in [2.75, 3.05) is 0 Å². The van der Waals surface area contributed by atoms with E-state index in [0.29, 0.717) is 15.2 Å². The number of nitrogens with zero attached hydrogens (tertiary/aromatic N) is 1. The largest absolute Gasteiger partial charge is 0.348 e. The molecule has 0 atom stereocenters. The van der Waals surface area contributed by atoms with E-state index >= 15 is 0 Å². The van der Waals surface area contributed by atoms with Gasteiger partial charge in [-0.1, -0.05) is 11.6 Å². The molecule has 1 aromatic heterocycles. The Balaban J connectivity index is 2.70. The van der Waals surface area contributed by atoms with Gasteiger partial charge in [0.1, 0.15) is 0 Å². The molecular weight excluding hydrogens is 285 g/mol. The van der Waals surface area contributed by atoms with E-state index in [9.17, 15) is 9.59 Å². The first-order valence-electron chi connectivity index (χ1n) is 3.95. The third-order valence-electron chi connectivity index (χ3n) is 1.84. The molecule has 0 radical (unpaired) electrons. The second-order valence-electron chi connectivity index (χ2n) is 2.79. The van der Waals surface area contributed by atoms with E-state index in [4.69, 9.17) is 11.6 Å². The van der Waals surface area contributed by atoms with Crippen molar-refractivity contribution in [1.29, 1.82) is 0 Å². The Morgan fingerprint density at radius 3 is 2.33 bits per heavy atom. The van der Waals surface area contributed by atoms with Gasteiger partial charge in [-0.3, -0.25) is 0 Å². The maximum atomic E-state index is 11.3. The molecule has 0 bridgehead atoms. The first-order chi connectivity index (χ1) is 7.09. The van der Waals surface area contributed by atoms with Crippen LogP contribution in [0.25, 0.3) is 5.69 Å². The lowest BCUT2D eigenvalue weighted by Crippen LogP contribution is -2.24. The molecular formula is C8H5BrClN3O2. The zero-order valence-corrected chi connectivity index (χ0v) is 9.59. The summed E-state index contributed by atoms with van der Waals surface area (Å²) in [7, 11) is 0. The maximum absolute atomic E-state index is 11.3. The quantitative estimate of drug-likeness (QED) is 0.830. The van der Waals surface area contributed by atoms with Crippen molar-refractivity contribution in [3.8, 4) is 5.69 Å². The molecule has 0 fully saturated rings. The highest BCUT2D eigenvalue weighted by Crippen LogP contribution is 2.23. The number of nitrogens with one attached hydrogen (secondary N) is 2. The summed E-state index contributed by atoms with van der Waals surface area (Å²) >= 11 is 9.00. The average Bonchev–Trinajstić information content (AvgIpc) is 2.52. The van der Waals surface area contributed by atoms with Gasteiger partial charge < -0.3 is 0 Å². The third-order valence-corrected chi connectivity index (χ3v) is 3.06. The number of benzene rings is 1. The van der Waals surface area contributed by atoms with Crippen LogP contribution in [0.5, 0.6) is 0 Å². The van der Waals surface area contributed by atoms with Crippen LogP contribution in [-0.4, -0.2) is 14.8 Å². The molecule has 2 N–H and O–H groups in total. The van der Waals surface area contributed by atoms with Crippen LogP contribution in [0.4, 0.5) is 0 Å². The van der Waals surface area contributed by atoms with E-state index in [1.807, 2.05) is 0 Å². The molecule has 2 aromatic rings. The molecule has 0 aliphatic rings. The van der Waals surface area contributed by atoms with Crippen LogP contribution in [0.3, 0.4) is 0 Å². The van der Waals surface area contributed by atoms with Crippen molar-refractivity contribution in [2.45, 2.75) is 0 Å². The highest BCUT2D eigenvalue weighted by atomic mass is 79.9. The van der Waals surface area contributed by atoms with E-state index in [-0.39, 0.29) is 0 Å². The van der Waals surface area contributed by atoms with E-state index in [2.05, 4.69) is 26.1 Å². The SMILES string of the molecule is O=c1[nH][nH]c(=O)n1-c1ccc(Cl)c(Br)c1. The molecule has 0 aliphatic heterocycles. The van der Waals surface area contributed by atoms with Gasteiger partial charge in [0.25, 0.3) is 0 Å². The first-order valence-corrected chi connectivity index (χ1v) is 5.12. The number of halogens is 2. The second kappa shape index (κ2) is 3.71. The van der Waals surface area contributed by atoms with Gasteiger partial charge in [0.05, 0.1) is 10.7 Å². The lowest BCUT2D eigenvalue weighted by molar-refractivity contribution is 0.951. The van der Waals surface area contributed by atoms with Gasteiger partial charge in [0.2, 0.25) is 0 Å². The summed E-state index contributed by atoms with van der Waals surface area (Å²) in [5, 5.41) is 4.89. The molecule has 0 spiro atoms. The maximum Gasteiger partial charge on any atom is 0.348 e. The fourth-order valence-corrected chi connectivity index (χ4v) is 1.65. The summed E-state index contributed by atoms with van der Waals surface area (Å²) in [5.74, 6) is 0. The molecule has 0 unspecified atom stereocenters. The van der Waals surface area contributed by atoms with Crippen LogP contribution < -0.4 is 11.4 Å². The normalized spacial score (nSPS) is 10.5.